The minimum atomic E-state index is -0.0454. The third kappa shape index (κ3) is 3.77. The number of hydrogen-bond donors (Lipinski definition) is 1. The van der Waals surface area contributed by atoms with Gasteiger partial charge in [0.15, 0.2) is 0 Å². The number of hydrogen-bond acceptors (Lipinski definition) is 4. The number of amides is 1. The van der Waals surface area contributed by atoms with Gasteiger partial charge >= 0.3 is 0 Å². The molecule has 0 saturated heterocycles. The second-order valence-corrected chi connectivity index (χ2v) is 6.21. The van der Waals surface area contributed by atoms with Crippen LogP contribution >= 0.6 is 11.8 Å². The molecule has 1 aromatic heterocycles. The van der Waals surface area contributed by atoms with Crippen molar-refractivity contribution in [3.05, 3.63) is 17.5 Å². The fourth-order valence-electron chi connectivity index (χ4n) is 2.16. The standard InChI is InChI=1S/C13H20N2O2S/c1-9-7-12(17-15-9)8-18-10(2)13(16)14-11-5-3-4-6-11/h7,10-11H,3-6,8H2,1-2H3,(H,14,16). The first kappa shape index (κ1) is 13.5. The van der Waals surface area contributed by atoms with Crippen molar-refractivity contribution in [3.63, 3.8) is 0 Å². The molecule has 1 fully saturated rings. The average Bonchev–Trinajstić information content (AvgIpc) is 2.97. The van der Waals surface area contributed by atoms with Gasteiger partial charge in [0.1, 0.15) is 5.76 Å². The van der Waals surface area contributed by atoms with Gasteiger partial charge in [-0.15, -0.1) is 11.8 Å². The van der Waals surface area contributed by atoms with Gasteiger partial charge in [-0.05, 0) is 26.7 Å². The van der Waals surface area contributed by atoms with Gasteiger partial charge in [-0.1, -0.05) is 18.0 Å². The highest BCUT2D eigenvalue weighted by Crippen LogP contribution is 2.21. The van der Waals surface area contributed by atoms with E-state index in [1.807, 2.05) is 19.9 Å². The van der Waals surface area contributed by atoms with Crippen molar-refractivity contribution in [1.82, 2.24) is 10.5 Å². The van der Waals surface area contributed by atoms with Crippen LogP contribution in [0.5, 0.6) is 0 Å². The van der Waals surface area contributed by atoms with E-state index in [1.165, 1.54) is 12.8 Å². The Balaban J connectivity index is 1.73. The number of nitrogens with zero attached hydrogens (tertiary/aromatic N) is 1. The molecule has 0 radical (unpaired) electrons. The fraction of sp³-hybridized carbons (Fsp3) is 0.692. The largest absolute Gasteiger partial charge is 0.360 e. The highest BCUT2D eigenvalue weighted by atomic mass is 32.2. The van der Waals surface area contributed by atoms with Crippen LogP contribution in [0.2, 0.25) is 0 Å². The number of thioether (sulfide) groups is 1. The molecule has 0 aliphatic heterocycles. The number of carbonyl (C=O) groups excluding carboxylic acids is 1. The van der Waals surface area contributed by atoms with Gasteiger partial charge in [0.05, 0.1) is 16.7 Å². The van der Waals surface area contributed by atoms with E-state index in [1.54, 1.807) is 11.8 Å². The van der Waals surface area contributed by atoms with Gasteiger partial charge < -0.3 is 9.84 Å². The first-order valence-corrected chi connectivity index (χ1v) is 7.54. The lowest BCUT2D eigenvalue weighted by molar-refractivity contribution is -0.120. The molecule has 1 atom stereocenters. The van der Waals surface area contributed by atoms with E-state index in [0.717, 1.165) is 24.3 Å². The van der Waals surface area contributed by atoms with Gasteiger partial charge in [0, 0.05) is 12.1 Å². The van der Waals surface area contributed by atoms with Crippen molar-refractivity contribution in [1.29, 1.82) is 0 Å². The van der Waals surface area contributed by atoms with Crippen LogP contribution in [-0.2, 0) is 10.5 Å². The number of rotatable bonds is 5. The van der Waals surface area contributed by atoms with E-state index in [2.05, 4.69) is 10.5 Å². The van der Waals surface area contributed by atoms with E-state index in [-0.39, 0.29) is 11.2 Å². The molecule has 1 aromatic rings. The normalized spacial score (nSPS) is 17.9. The van der Waals surface area contributed by atoms with Crippen molar-refractivity contribution >= 4 is 17.7 Å². The molecule has 1 amide bonds. The number of nitrogens with one attached hydrogen (secondary N) is 1. The van der Waals surface area contributed by atoms with Crippen LogP contribution in [0, 0.1) is 6.92 Å². The van der Waals surface area contributed by atoms with Crippen molar-refractivity contribution in [2.24, 2.45) is 0 Å². The Hall–Kier alpha value is -0.970. The molecule has 5 heteroatoms. The summed E-state index contributed by atoms with van der Waals surface area (Å²) < 4.78 is 5.13. The summed E-state index contributed by atoms with van der Waals surface area (Å²) in [6, 6.07) is 2.31. The maximum atomic E-state index is 11.9. The molecule has 1 saturated carbocycles. The van der Waals surface area contributed by atoms with Crippen LogP contribution in [0.3, 0.4) is 0 Å². The topological polar surface area (TPSA) is 55.1 Å². The zero-order chi connectivity index (χ0) is 13.0. The van der Waals surface area contributed by atoms with Gasteiger partial charge in [-0.2, -0.15) is 0 Å². The quantitative estimate of drug-likeness (QED) is 0.892. The molecule has 1 aliphatic rings. The Labute approximate surface area is 112 Å². The molecule has 4 nitrogen and oxygen atoms in total. The van der Waals surface area contributed by atoms with Gasteiger partial charge in [0.25, 0.3) is 0 Å². The van der Waals surface area contributed by atoms with Crippen LogP contribution < -0.4 is 5.32 Å². The van der Waals surface area contributed by atoms with E-state index in [4.69, 9.17) is 4.52 Å². The van der Waals surface area contributed by atoms with E-state index in [9.17, 15) is 4.79 Å². The maximum Gasteiger partial charge on any atom is 0.233 e. The van der Waals surface area contributed by atoms with Crippen LogP contribution in [0.1, 0.15) is 44.1 Å². The summed E-state index contributed by atoms with van der Waals surface area (Å²) in [5.74, 6) is 1.67. The van der Waals surface area contributed by atoms with E-state index in [0.29, 0.717) is 11.8 Å². The van der Waals surface area contributed by atoms with Gasteiger partial charge in [-0.3, -0.25) is 4.79 Å². The first-order chi connectivity index (χ1) is 8.65. The van der Waals surface area contributed by atoms with E-state index >= 15 is 0 Å². The molecule has 100 valence electrons. The Kier molecular flexibility index (Phi) is 4.69. The highest BCUT2D eigenvalue weighted by Gasteiger charge is 2.21. The molecule has 2 rings (SSSR count). The molecular formula is C13H20N2O2S. The third-order valence-corrected chi connectivity index (χ3v) is 4.39. The van der Waals surface area contributed by atoms with Crippen molar-refractivity contribution in [3.8, 4) is 0 Å². The Morgan fingerprint density at radius 2 is 2.33 bits per heavy atom. The summed E-state index contributed by atoms with van der Waals surface area (Å²) in [5.41, 5.74) is 0.883. The van der Waals surface area contributed by atoms with Gasteiger partial charge in [-0.25, -0.2) is 0 Å². The lowest BCUT2D eigenvalue weighted by Crippen LogP contribution is -2.37. The monoisotopic (exact) mass is 268 g/mol. The number of aromatic nitrogens is 1. The average molecular weight is 268 g/mol. The predicted molar refractivity (Wildman–Crippen MR) is 72.4 cm³/mol. The summed E-state index contributed by atoms with van der Waals surface area (Å²) in [6.45, 7) is 3.84. The Morgan fingerprint density at radius 3 is 2.94 bits per heavy atom. The van der Waals surface area contributed by atoms with E-state index < -0.39 is 0 Å². The number of aryl methyl sites for hydroxylation is 1. The lowest BCUT2D eigenvalue weighted by Gasteiger charge is -2.15. The SMILES string of the molecule is Cc1cc(CSC(C)C(=O)NC2CCCC2)on1. The van der Waals surface area contributed by atoms with Crippen molar-refractivity contribution in [2.45, 2.75) is 56.6 Å². The summed E-state index contributed by atoms with van der Waals surface area (Å²) in [4.78, 5) is 11.9. The molecule has 1 N–H and O–H groups in total. The fourth-order valence-corrected chi connectivity index (χ4v) is 2.93. The first-order valence-electron chi connectivity index (χ1n) is 6.49. The summed E-state index contributed by atoms with van der Waals surface area (Å²) in [7, 11) is 0. The maximum absolute atomic E-state index is 11.9. The lowest BCUT2D eigenvalue weighted by atomic mass is 10.2. The zero-order valence-corrected chi connectivity index (χ0v) is 11.8. The molecule has 0 spiro atoms. The predicted octanol–water partition coefficient (Wildman–Crippen LogP) is 2.66. The highest BCUT2D eigenvalue weighted by molar-refractivity contribution is 7.99. The van der Waals surface area contributed by atoms with Crippen LogP contribution in [-0.4, -0.2) is 22.4 Å². The molecule has 0 aromatic carbocycles. The molecular weight excluding hydrogens is 248 g/mol. The van der Waals surface area contributed by atoms with Crippen molar-refractivity contribution < 1.29 is 9.32 Å². The Bertz CT molecular complexity index is 399. The third-order valence-electron chi connectivity index (χ3n) is 3.22. The summed E-state index contributed by atoms with van der Waals surface area (Å²) in [6.07, 6.45) is 4.74. The van der Waals surface area contributed by atoms with Crippen molar-refractivity contribution in [2.75, 3.05) is 0 Å². The van der Waals surface area contributed by atoms with Crippen LogP contribution in [0.4, 0.5) is 0 Å². The van der Waals surface area contributed by atoms with Crippen LogP contribution in [0.25, 0.3) is 0 Å². The minimum Gasteiger partial charge on any atom is -0.360 e. The molecule has 0 bridgehead atoms. The summed E-state index contributed by atoms with van der Waals surface area (Å²) in [5, 5.41) is 6.90. The minimum absolute atomic E-state index is 0.0454. The Morgan fingerprint density at radius 1 is 1.61 bits per heavy atom. The molecule has 18 heavy (non-hydrogen) atoms. The molecule has 1 unspecified atom stereocenters. The second kappa shape index (κ2) is 6.27. The van der Waals surface area contributed by atoms with Crippen LogP contribution in [0.15, 0.2) is 10.6 Å². The second-order valence-electron chi connectivity index (χ2n) is 4.88. The molecule has 1 heterocycles. The number of carbonyl (C=O) groups is 1. The smallest absolute Gasteiger partial charge is 0.233 e. The van der Waals surface area contributed by atoms with Gasteiger partial charge in [0.2, 0.25) is 5.91 Å². The zero-order valence-electron chi connectivity index (χ0n) is 10.9. The summed E-state index contributed by atoms with van der Waals surface area (Å²) >= 11 is 1.59. The molecule has 1 aliphatic carbocycles.